The van der Waals surface area contributed by atoms with Crippen molar-refractivity contribution in [2.45, 2.75) is 44.4 Å². The van der Waals surface area contributed by atoms with Gasteiger partial charge in [0, 0.05) is 12.1 Å². The summed E-state index contributed by atoms with van der Waals surface area (Å²) in [5.74, 6) is 2.19. The molecule has 0 bridgehead atoms. The van der Waals surface area contributed by atoms with Gasteiger partial charge in [-0.2, -0.15) is 11.8 Å². The fourth-order valence-electron chi connectivity index (χ4n) is 2.49. The highest BCUT2D eigenvalue weighted by atomic mass is 32.2. The first-order valence-electron chi connectivity index (χ1n) is 6.92. The summed E-state index contributed by atoms with van der Waals surface area (Å²) in [5.41, 5.74) is 0.786. The molecule has 1 aromatic carbocycles. The summed E-state index contributed by atoms with van der Waals surface area (Å²) in [5, 5.41) is 13.7. The molecule has 1 saturated heterocycles. The lowest BCUT2D eigenvalue weighted by molar-refractivity contribution is 0.151. The van der Waals surface area contributed by atoms with Crippen molar-refractivity contribution in [3.63, 3.8) is 0 Å². The van der Waals surface area contributed by atoms with E-state index in [0.29, 0.717) is 12.5 Å². The predicted octanol–water partition coefficient (Wildman–Crippen LogP) is 3.12. The zero-order valence-corrected chi connectivity index (χ0v) is 12.1. The molecule has 2 rings (SSSR count). The molecule has 1 fully saturated rings. The van der Waals surface area contributed by atoms with Crippen molar-refractivity contribution in [3.8, 4) is 0 Å². The maximum Gasteiger partial charge on any atom is 0.123 e. The molecule has 4 heteroatoms. The molecule has 0 aromatic heterocycles. The summed E-state index contributed by atoms with van der Waals surface area (Å²) in [6, 6.07) is 6.96. The SMILES string of the molecule is CC(CC(O)c1ccc(F)cc1)NC1CCSCC1. The molecular weight excluding hydrogens is 261 g/mol. The van der Waals surface area contributed by atoms with Crippen molar-refractivity contribution < 1.29 is 9.50 Å². The van der Waals surface area contributed by atoms with Crippen molar-refractivity contribution in [2.24, 2.45) is 0 Å². The van der Waals surface area contributed by atoms with Crippen LogP contribution in [0, 0.1) is 5.82 Å². The van der Waals surface area contributed by atoms with Gasteiger partial charge in [0.25, 0.3) is 0 Å². The van der Waals surface area contributed by atoms with Gasteiger partial charge in [-0.3, -0.25) is 0 Å². The van der Waals surface area contributed by atoms with E-state index < -0.39 is 6.10 Å². The first kappa shape index (κ1) is 14.8. The fourth-order valence-corrected chi connectivity index (χ4v) is 3.60. The molecule has 2 unspecified atom stereocenters. The lowest BCUT2D eigenvalue weighted by atomic mass is 10.0. The molecular formula is C15H22FNOS. The van der Waals surface area contributed by atoms with E-state index >= 15 is 0 Å². The van der Waals surface area contributed by atoms with Crippen LogP contribution in [0.15, 0.2) is 24.3 Å². The second-order valence-electron chi connectivity index (χ2n) is 5.26. The van der Waals surface area contributed by atoms with Gasteiger partial charge in [-0.1, -0.05) is 12.1 Å². The normalized spacial score (nSPS) is 20.2. The molecule has 1 aliphatic rings. The molecule has 19 heavy (non-hydrogen) atoms. The quantitative estimate of drug-likeness (QED) is 0.871. The van der Waals surface area contributed by atoms with E-state index in [9.17, 15) is 9.50 Å². The van der Waals surface area contributed by atoms with E-state index in [1.807, 2.05) is 11.8 Å². The highest BCUT2D eigenvalue weighted by Crippen LogP contribution is 2.21. The van der Waals surface area contributed by atoms with Crippen LogP contribution in [0.25, 0.3) is 0 Å². The van der Waals surface area contributed by atoms with Crippen LogP contribution < -0.4 is 5.32 Å². The first-order chi connectivity index (χ1) is 9.15. The Bertz CT molecular complexity index is 378. The van der Waals surface area contributed by atoms with E-state index in [4.69, 9.17) is 0 Å². The number of hydrogen-bond donors (Lipinski definition) is 2. The minimum atomic E-state index is -0.527. The van der Waals surface area contributed by atoms with Crippen molar-refractivity contribution in [1.82, 2.24) is 5.32 Å². The lowest BCUT2D eigenvalue weighted by Crippen LogP contribution is -2.39. The lowest BCUT2D eigenvalue weighted by Gasteiger charge is -2.27. The zero-order valence-electron chi connectivity index (χ0n) is 11.3. The average Bonchev–Trinajstić information content (AvgIpc) is 2.40. The van der Waals surface area contributed by atoms with Crippen LogP contribution in [-0.2, 0) is 0 Å². The Balaban J connectivity index is 1.80. The van der Waals surface area contributed by atoms with Crippen LogP contribution in [0.3, 0.4) is 0 Å². The van der Waals surface area contributed by atoms with E-state index in [1.54, 1.807) is 12.1 Å². The molecule has 2 N–H and O–H groups in total. The number of aliphatic hydroxyl groups is 1. The van der Waals surface area contributed by atoms with Gasteiger partial charge in [0.05, 0.1) is 6.10 Å². The largest absolute Gasteiger partial charge is 0.388 e. The predicted molar refractivity (Wildman–Crippen MR) is 78.9 cm³/mol. The fraction of sp³-hybridized carbons (Fsp3) is 0.600. The Labute approximate surface area is 118 Å². The zero-order chi connectivity index (χ0) is 13.7. The Morgan fingerprint density at radius 2 is 1.95 bits per heavy atom. The average molecular weight is 283 g/mol. The summed E-state index contributed by atoms with van der Waals surface area (Å²) in [6.07, 6.45) is 2.56. The number of aliphatic hydroxyl groups excluding tert-OH is 1. The monoisotopic (exact) mass is 283 g/mol. The Morgan fingerprint density at radius 1 is 1.32 bits per heavy atom. The van der Waals surface area contributed by atoms with Gasteiger partial charge >= 0.3 is 0 Å². The maximum atomic E-state index is 12.8. The Kier molecular flexibility index (Phi) is 5.67. The third-order valence-electron chi connectivity index (χ3n) is 3.57. The highest BCUT2D eigenvalue weighted by molar-refractivity contribution is 7.99. The molecule has 0 aliphatic carbocycles. The van der Waals surface area contributed by atoms with Gasteiger partial charge in [-0.05, 0) is 55.4 Å². The van der Waals surface area contributed by atoms with Crippen molar-refractivity contribution in [1.29, 1.82) is 0 Å². The van der Waals surface area contributed by atoms with Gasteiger partial charge in [-0.15, -0.1) is 0 Å². The number of benzene rings is 1. The van der Waals surface area contributed by atoms with E-state index in [1.165, 1.54) is 36.5 Å². The minimum Gasteiger partial charge on any atom is -0.388 e. The van der Waals surface area contributed by atoms with Crippen LogP contribution in [0.2, 0.25) is 0 Å². The molecule has 0 radical (unpaired) electrons. The first-order valence-corrected chi connectivity index (χ1v) is 8.08. The highest BCUT2D eigenvalue weighted by Gasteiger charge is 2.18. The third-order valence-corrected chi connectivity index (χ3v) is 4.62. The summed E-state index contributed by atoms with van der Waals surface area (Å²) in [4.78, 5) is 0. The van der Waals surface area contributed by atoms with Crippen molar-refractivity contribution in [2.75, 3.05) is 11.5 Å². The summed E-state index contributed by atoms with van der Waals surface area (Å²) in [6.45, 7) is 2.11. The number of thioether (sulfide) groups is 1. The van der Waals surface area contributed by atoms with Crippen molar-refractivity contribution in [3.05, 3.63) is 35.6 Å². The smallest absolute Gasteiger partial charge is 0.123 e. The molecule has 1 aromatic rings. The molecule has 0 spiro atoms. The van der Waals surface area contributed by atoms with Crippen LogP contribution in [0.4, 0.5) is 4.39 Å². The number of nitrogens with one attached hydrogen (secondary N) is 1. The molecule has 0 saturated carbocycles. The van der Waals surface area contributed by atoms with E-state index in [2.05, 4.69) is 12.2 Å². The molecule has 1 aliphatic heterocycles. The standard InChI is InChI=1S/C15H22FNOS/c1-11(17-14-6-8-19-9-7-14)10-15(18)12-2-4-13(16)5-3-12/h2-5,11,14-15,17-18H,6-10H2,1H3. The van der Waals surface area contributed by atoms with Crippen molar-refractivity contribution >= 4 is 11.8 Å². The Hall–Kier alpha value is -0.580. The van der Waals surface area contributed by atoms with Crippen LogP contribution in [-0.4, -0.2) is 28.7 Å². The van der Waals surface area contributed by atoms with Crippen LogP contribution in [0.1, 0.15) is 37.9 Å². The summed E-state index contributed by atoms with van der Waals surface area (Å²) in [7, 11) is 0. The van der Waals surface area contributed by atoms with Crippen LogP contribution in [0.5, 0.6) is 0 Å². The molecule has 1 heterocycles. The molecule has 0 amide bonds. The third kappa shape index (κ3) is 4.79. The van der Waals surface area contributed by atoms with Gasteiger partial charge < -0.3 is 10.4 Å². The number of hydrogen-bond acceptors (Lipinski definition) is 3. The number of rotatable bonds is 5. The van der Waals surface area contributed by atoms with Gasteiger partial charge in [0.2, 0.25) is 0 Å². The van der Waals surface area contributed by atoms with Gasteiger partial charge in [0.15, 0.2) is 0 Å². The summed E-state index contributed by atoms with van der Waals surface area (Å²) < 4.78 is 12.8. The number of halogens is 1. The van der Waals surface area contributed by atoms with Gasteiger partial charge in [0.1, 0.15) is 5.82 Å². The maximum absolute atomic E-state index is 12.8. The summed E-state index contributed by atoms with van der Waals surface area (Å²) >= 11 is 2.01. The Morgan fingerprint density at radius 3 is 2.58 bits per heavy atom. The van der Waals surface area contributed by atoms with Crippen LogP contribution >= 0.6 is 11.8 Å². The van der Waals surface area contributed by atoms with Gasteiger partial charge in [-0.25, -0.2) is 4.39 Å². The molecule has 2 atom stereocenters. The minimum absolute atomic E-state index is 0.262. The van der Waals surface area contributed by atoms with E-state index in [-0.39, 0.29) is 11.9 Å². The van der Waals surface area contributed by atoms with E-state index in [0.717, 1.165) is 5.56 Å². The molecule has 2 nitrogen and oxygen atoms in total. The topological polar surface area (TPSA) is 32.3 Å². The second-order valence-corrected chi connectivity index (χ2v) is 6.48. The molecule has 106 valence electrons. The second kappa shape index (κ2) is 7.27.